The zero-order chi connectivity index (χ0) is 18.6. The Kier molecular flexibility index (Phi) is 4.76. The molecule has 3 aromatic heterocycles. The maximum absolute atomic E-state index is 12.7. The van der Waals surface area contributed by atoms with Gasteiger partial charge in [-0.1, -0.05) is 36.4 Å². The molecule has 0 aliphatic carbocycles. The van der Waals surface area contributed by atoms with Crippen LogP contribution < -0.4 is 0 Å². The highest BCUT2D eigenvalue weighted by molar-refractivity contribution is 7.13. The third kappa shape index (κ3) is 3.78. The Morgan fingerprint density at radius 1 is 1.15 bits per heavy atom. The van der Waals surface area contributed by atoms with Crippen molar-refractivity contribution in [2.24, 2.45) is 7.05 Å². The van der Waals surface area contributed by atoms with E-state index in [2.05, 4.69) is 15.1 Å². The zero-order valence-corrected chi connectivity index (χ0v) is 15.3. The van der Waals surface area contributed by atoms with Gasteiger partial charge < -0.3 is 4.74 Å². The fraction of sp³-hybridized carbons (Fsp3) is 0.100. The van der Waals surface area contributed by atoms with Gasteiger partial charge in [-0.25, -0.2) is 9.78 Å². The van der Waals surface area contributed by atoms with Crippen molar-refractivity contribution in [3.8, 4) is 10.6 Å². The standard InChI is InChI=1S/C20H16N4O2S/c1-24-12-15(11-22-24)19-23-17(13-27-19)20(25)26-18(14-7-3-2-4-8-14)16-9-5-6-10-21-16/h2-13,18H,1H3/t18-/m0/s1. The molecule has 6 nitrogen and oxygen atoms in total. The number of pyridine rings is 1. The van der Waals surface area contributed by atoms with Crippen LogP contribution in [0.4, 0.5) is 0 Å². The molecule has 1 atom stereocenters. The number of nitrogens with zero attached hydrogens (tertiary/aromatic N) is 4. The minimum absolute atomic E-state index is 0.274. The largest absolute Gasteiger partial charge is 0.446 e. The molecule has 1 aromatic carbocycles. The Balaban J connectivity index is 1.60. The van der Waals surface area contributed by atoms with Crippen LogP contribution in [-0.4, -0.2) is 25.7 Å². The maximum atomic E-state index is 12.7. The van der Waals surface area contributed by atoms with Gasteiger partial charge in [0.25, 0.3) is 0 Å². The summed E-state index contributed by atoms with van der Waals surface area (Å²) in [4.78, 5) is 21.5. The number of hydrogen-bond donors (Lipinski definition) is 0. The van der Waals surface area contributed by atoms with Gasteiger partial charge in [0, 0.05) is 30.4 Å². The minimum Gasteiger partial charge on any atom is -0.446 e. The van der Waals surface area contributed by atoms with Crippen LogP contribution in [0.25, 0.3) is 10.6 Å². The molecule has 0 saturated heterocycles. The first-order valence-electron chi connectivity index (χ1n) is 8.32. The summed E-state index contributed by atoms with van der Waals surface area (Å²) in [5.41, 5.74) is 2.66. The van der Waals surface area contributed by atoms with Crippen LogP contribution >= 0.6 is 11.3 Å². The van der Waals surface area contributed by atoms with E-state index in [1.54, 1.807) is 22.5 Å². The van der Waals surface area contributed by atoms with E-state index >= 15 is 0 Å². The van der Waals surface area contributed by atoms with E-state index < -0.39 is 12.1 Å². The topological polar surface area (TPSA) is 69.9 Å². The Labute approximate surface area is 160 Å². The summed E-state index contributed by atoms with van der Waals surface area (Å²) >= 11 is 1.38. The first-order valence-corrected chi connectivity index (χ1v) is 9.20. The van der Waals surface area contributed by atoms with Gasteiger partial charge in [-0.3, -0.25) is 9.67 Å². The lowest BCUT2D eigenvalue weighted by atomic mass is 10.1. The maximum Gasteiger partial charge on any atom is 0.358 e. The number of benzene rings is 1. The molecular weight excluding hydrogens is 360 g/mol. The van der Waals surface area contributed by atoms with Crippen LogP contribution in [0, 0.1) is 0 Å². The van der Waals surface area contributed by atoms with Crippen molar-refractivity contribution in [1.29, 1.82) is 0 Å². The number of thiazole rings is 1. The third-order valence-electron chi connectivity index (χ3n) is 3.95. The van der Waals surface area contributed by atoms with Gasteiger partial charge in [0.2, 0.25) is 0 Å². The fourth-order valence-corrected chi connectivity index (χ4v) is 3.42. The van der Waals surface area contributed by atoms with Gasteiger partial charge in [-0.15, -0.1) is 11.3 Å². The molecule has 0 bridgehead atoms. The number of aromatic nitrogens is 4. The Morgan fingerprint density at radius 2 is 1.96 bits per heavy atom. The Hall–Kier alpha value is -3.32. The second-order valence-electron chi connectivity index (χ2n) is 5.89. The van der Waals surface area contributed by atoms with Crippen LogP contribution in [0.3, 0.4) is 0 Å². The molecule has 0 N–H and O–H groups in total. The highest BCUT2D eigenvalue weighted by Gasteiger charge is 2.23. The van der Waals surface area contributed by atoms with Gasteiger partial charge in [0.1, 0.15) is 5.01 Å². The number of ether oxygens (including phenoxy) is 1. The van der Waals surface area contributed by atoms with Crippen molar-refractivity contribution in [1.82, 2.24) is 19.7 Å². The number of hydrogen-bond acceptors (Lipinski definition) is 6. The molecule has 0 amide bonds. The molecular formula is C20H16N4O2S. The Bertz CT molecular complexity index is 1000. The zero-order valence-electron chi connectivity index (χ0n) is 14.5. The summed E-state index contributed by atoms with van der Waals surface area (Å²) in [5.74, 6) is -0.485. The van der Waals surface area contributed by atoms with Crippen molar-refractivity contribution < 1.29 is 9.53 Å². The molecule has 0 radical (unpaired) electrons. The summed E-state index contributed by atoms with van der Waals surface area (Å²) in [7, 11) is 1.84. The lowest BCUT2D eigenvalue weighted by molar-refractivity contribution is 0.0364. The van der Waals surface area contributed by atoms with E-state index in [1.165, 1.54) is 11.3 Å². The van der Waals surface area contributed by atoms with E-state index in [0.29, 0.717) is 5.69 Å². The predicted molar refractivity (Wildman–Crippen MR) is 102 cm³/mol. The van der Waals surface area contributed by atoms with E-state index in [9.17, 15) is 4.79 Å². The van der Waals surface area contributed by atoms with Gasteiger partial charge in [-0.2, -0.15) is 5.10 Å². The lowest BCUT2D eigenvalue weighted by Gasteiger charge is -2.17. The van der Waals surface area contributed by atoms with E-state index in [1.807, 2.05) is 61.8 Å². The molecule has 0 saturated carbocycles. The van der Waals surface area contributed by atoms with Gasteiger partial charge >= 0.3 is 5.97 Å². The summed E-state index contributed by atoms with van der Waals surface area (Å²) in [5, 5.41) is 6.56. The molecule has 3 heterocycles. The van der Waals surface area contributed by atoms with Crippen LogP contribution in [0.5, 0.6) is 0 Å². The quantitative estimate of drug-likeness (QED) is 0.494. The molecule has 134 valence electrons. The Morgan fingerprint density at radius 3 is 2.67 bits per heavy atom. The second-order valence-corrected chi connectivity index (χ2v) is 6.75. The lowest BCUT2D eigenvalue weighted by Crippen LogP contribution is -2.14. The average molecular weight is 376 g/mol. The molecule has 0 fully saturated rings. The molecule has 27 heavy (non-hydrogen) atoms. The van der Waals surface area contributed by atoms with Crippen molar-refractivity contribution in [2.45, 2.75) is 6.10 Å². The average Bonchev–Trinajstić information content (AvgIpc) is 3.36. The molecule has 0 spiro atoms. The van der Waals surface area contributed by atoms with Crippen LogP contribution in [-0.2, 0) is 11.8 Å². The van der Waals surface area contributed by atoms with Gasteiger partial charge in [0.05, 0.1) is 11.9 Å². The van der Waals surface area contributed by atoms with Crippen molar-refractivity contribution in [3.05, 3.63) is 89.5 Å². The van der Waals surface area contributed by atoms with E-state index in [4.69, 9.17) is 4.74 Å². The smallest absolute Gasteiger partial charge is 0.358 e. The number of carbonyl (C=O) groups excluding carboxylic acids is 1. The van der Waals surface area contributed by atoms with Crippen molar-refractivity contribution >= 4 is 17.3 Å². The molecule has 0 unspecified atom stereocenters. The predicted octanol–water partition coefficient (Wildman–Crippen LogP) is 3.89. The number of rotatable bonds is 5. The van der Waals surface area contributed by atoms with Crippen LogP contribution in [0.2, 0.25) is 0 Å². The second kappa shape index (κ2) is 7.51. The number of carbonyl (C=O) groups is 1. The molecule has 4 rings (SSSR count). The normalized spacial score (nSPS) is 11.9. The first-order chi connectivity index (χ1) is 13.2. The summed E-state index contributed by atoms with van der Waals surface area (Å²) in [6.07, 6.45) is 4.66. The van der Waals surface area contributed by atoms with Crippen LogP contribution in [0.15, 0.2) is 72.5 Å². The van der Waals surface area contributed by atoms with Crippen LogP contribution in [0.1, 0.15) is 27.8 Å². The van der Waals surface area contributed by atoms with Gasteiger partial charge in [0.15, 0.2) is 11.8 Å². The third-order valence-corrected chi connectivity index (χ3v) is 4.84. The highest BCUT2D eigenvalue weighted by Crippen LogP contribution is 2.27. The SMILES string of the molecule is Cn1cc(-c2nc(C(=O)O[C@@H](c3ccccc3)c3ccccn3)cs2)cn1. The highest BCUT2D eigenvalue weighted by atomic mass is 32.1. The number of aryl methyl sites for hydroxylation is 1. The van der Waals surface area contributed by atoms with Crippen molar-refractivity contribution in [3.63, 3.8) is 0 Å². The summed E-state index contributed by atoms with van der Waals surface area (Å²) in [6.45, 7) is 0. The monoisotopic (exact) mass is 376 g/mol. The first kappa shape index (κ1) is 17.1. The number of esters is 1. The summed E-state index contributed by atoms with van der Waals surface area (Å²) in [6, 6.07) is 15.1. The van der Waals surface area contributed by atoms with E-state index in [0.717, 1.165) is 16.1 Å². The molecule has 4 aromatic rings. The van der Waals surface area contributed by atoms with Gasteiger partial charge in [-0.05, 0) is 17.7 Å². The molecule has 7 heteroatoms. The molecule has 0 aliphatic rings. The fourth-order valence-electron chi connectivity index (χ4n) is 2.66. The van der Waals surface area contributed by atoms with E-state index in [-0.39, 0.29) is 5.69 Å². The minimum atomic E-state index is -0.594. The summed E-state index contributed by atoms with van der Waals surface area (Å²) < 4.78 is 7.48. The molecule has 0 aliphatic heterocycles. The van der Waals surface area contributed by atoms with Crippen molar-refractivity contribution in [2.75, 3.05) is 0 Å².